The fourth-order valence-corrected chi connectivity index (χ4v) is 2.00. The molecule has 1 atom stereocenters. The molecule has 0 aromatic rings. The highest BCUT2D eigenvalue weighted by molar-refractivity contribution is 14.1. The van der Waals surface area contributed by atoms with E-state index < -0.39 is 0 Å². The smallest absolute Gasteiger partial charge is 0.0204 e. The maximum Gasteiger partial charge on any atom is 0.0204 e. The van der Waals surface area contributed by atoms with Crippen molar-refractivity contribution in [2.45, 2.75) is 53.5 Å². The van der Waals surface area contributed by atoms with Crippen molar-refractivity contribution in [1.82, 2.24) is 3.11 Å². The van der Waals surface area contributed by atoms with Crippen LogP contribution in [-0.4, -0.2) is 15.7 Å². The first-order valence-electron chi connectivity index (χ1n) is 4.83. The first-order chi connectivity index (χ1) is 5.40. The third kappa shape index (κ3) is 5.36. The molecule has 0 fully saturated rings. The maximum atomic E-state index is 2.44. The summed E-state index contributed by atoms with van der Waals surface area (Å²) in [7, 11) is 0. The van der Waals surface area contributed by atoms with Gasteiger partial charge in [-0.25, -0.2) is 3.11 Å². The molecule has 0 aliphatic carbocycles. The Morgan fingerprint density at radius 3 is 2.00 bits per heavy atom. The fourth-order valence-electron chi connectivity index (χ4n) is 1.41. The minimum absolute atomic E-state index is 0.458. The van der Waals surface area contributed by atoms with Gasteiger partial charge >= 0.3 is 0 Å². The molecule has 1 nitrogen and oxygen atoms in total. The monoisotopic (exact) mass is 283 g/mol. The summed E-state index contributed by atoms with van der Waals surface area (Å²) in [6, 6.07) is 0.746. The molecule has 0 aromatic carbocycles. The fraction of sp³-hybridized carbons (Fsp3) is 1.00. The summed E-state index contributed by atoms with van der Waals surface area (Å²) >= 11 is 2.44. The van der Waals surface area contributed by atoms with Crippen LogP contribution < -0.4 is 0 Å². The molecule has 0 radical (unpaired) electrons. The van der Waals surface area contributed by atoms with Gasteiger partial charge in [-0.15, -0.1) is 0 Å². The van der Waals surface area contributed by atoms with Crippen LogP contribution in [0, 0.1) is 5.41 Å². The first-order valence-corrected chi connectivity index (χ1v) is 5.79. The highest BCUT2D eigenvalue weighted by Crippen LogP contribution is 2.26. The summed E-state index contributed by atoms with van der Waals surface area (Å²) in [6.45, 7) is 12.6. The Hall–Kier alpha value is 0.690. The van der Waals surface area contributed by atoms with E-state index in [0.717, 1.165) is 12.6 Å². The Balaban J connectivity index is 3.99. The van der Waals surface area contributed by atoms with Crippen molar-refractivity contribution in [2.75, 3.05) is 6.54 Å². The zero-order valence-corrected chi connectivity index (χ0v) is 11.2. The molecule has 12 heavy (non-hydrogen) atoms. The standard InChI is InChI=1S/C10H22IN/c1-6-9(12(11)7-2)8-10(3,4)5/h9H,6-8H2,1-5H3. The Morgan fingerprint density at radius 1 is 1.25 bits per heavy atom. The summed E-state index contributed by atoms with van der Waals surface area (Å²) in [4.78, 5) is 0. The SMILES string of the molecule is CCC(CC(C)(C)C)N(I)CC. The molecule has 0 saturated carbocycles. The number of rotatable bonds is 4. The van der Waals surface area contributed by atoms with Gasteiger partial charge < -0.3 is 0 Å². The molecule has 0 amide bonds. The molecule has 1 unspecified atom stereocenters. The third-order valence-corrected chi connectivity index (χ3v) is 3.49. The van der Waals surface area contributed by atoms with Crippen LogP contribution in [0.4, 0.5) is 0 Å². The molecule has 0 aliphatic heterocycles. The van der Waals surface area contributed by atoms with Crippen molar-refractivity contribution in [3.05, 3.63) is 0 Å². The Labute approximate surface area is 91.4 Å². The predicted octanol–water partition coefficient (Wildman–Crippen LogP) is 3.87. The lowest BCUT2D eigenvalue weighted by Gasteiger charge is -2.30. The zero-order valence-electron chi connectivity index (χ0n) is 9.02. The van der Waals surface area contributed by atoms with Crippen LogP contribution in [0.15, 0.2) is 0 Å². The van der Waals surface area contributed by atoms with Gasteiger partial charge in [0.15, 0.2) is 0 Å². The van der Waals surface area contributed by atoms with Gasteiger partial charge in [0.1, 0.15) is 0 Å². The third-order valence-electron chi connectivity index (χ3n) is 2.02. The minimum Gasteiger partial charge on any atom is -0.245 e. The van der Waals surface area contributed by atoms with E-state index in [1.165, 1.54) is 12.8 Å². The summed E-state index contributed by atoms with van der Waals surface area (Å²) in [5.74, 6) is 0. The Morgan fingerprint density at radius 2 is 1.75 bits per heavy atom. The van der Waals surface area contributed by atoms with Crippen LogP contribution in [0.3, 0.4) is 0 Å². The van der Waals surface area contributed by atoms with Crippen molar-refractivity contribution in [2.24, 2.45) is 5.41 Å². The van der Waals surface area contributed by atoms with Crippen LogP contribution in [-0.2, 0) is 0 Å². The van der Waals surface area contributed by atoms with Crippen LogP contribution in [0.1, 0.15) is 47.5 Å². The average Bonchev–Trinajstić information content (AvgIpc) is 1.97. The largest absolute Gasteiger partial charge is 0.245 e. The van der Waals surface area contributed by atoms with Crippen LogP contribution >= 0.6 is 22.9 Å². The van der Waals surface area contributed by atoms with Crippen LogP contribution in [0.25, 0.3) is 0 Å². The van der Waals surface area contributed by atoms with E-state index in [2.05, 4.69) is 60.6 Å². The van der Waals surface area contributed by atoms with E-state index in [0.29, 0.717) is 5.41 Å². The van der Waals surface area contributed by atoms with E-state index in [1.807, 2.05) is 0 Å². The molecule has 0 heterocycles. The molecule has 74 valence electrons. The number of halogens is 1. The van der Waals surface area contributed by atoms with Crippen LogP contribution in [0.2, 0.25) is 0 Å². The maximum absolute atomic E-state index is 2.44. The molecule has 0 saturated heterocycles. The topological polar surface area (TPSA) is 3.24 Å². The Bertz CT molecular complexity index is 117. The zero-order chi connectivity index (χ0) is 9.78. The lowest BCUT2D eigenvalue weighted by molar-refractivity contribution is 0.257. The van der Waals surface area contributed by atoms with Gasteiger partial charge in [0.25, 0.3) is 0 Å². The van der Waals surface area contributed by atoms with E-state index in [1.54, 1.807) is 0 Å². The number of hydrogen-bond donors (Lipinski definition) is 0. The van der Waals surface area contributed by atoms with Gasteiger partial charge in [-0.1, -0.05) is 34.6 Å². The average molecular weight is 283 g/mol. The van der Waals surface area contributed by atoms with Gasteiger partial charge in [-0.2, -0.15) is 0 Å². The summed E-state index contributed by atoms with van der Waals surface area (Å²) < 4.78 is 2.42. The first kappa shape index (κ1) is 12.7. The molecule has 2 heteroatoms. The van der Waals surface area contributed by atoms with E-state index in [-0.39, 0.29) is 0 Å². The molecule has 0 spiro atoms. The highest BCUT2D eigenvalue weighted by Gasteiger charge is 2.20. The second-order valence-corrected chi connectivity index (χ2v) is 5.78. The van der Waals surface area contributed by atoms with Crippen molar-refractivity contribution in [3.63, 3.8) is 0 Å². The quantitative estimate of drug-likeness (QED) is 0.559. The molecule has 0 aromatic heterocycles. The molecular formula is C10H22IN. The minimum atomic E-state index is 0.458. The number of hydrogen-bond acceptors (Lipinski definition) is 1. The summed E-state index contributed by atoms with van der Waals surface area (Å²) in [5, 5.41) is 0. The van der Waals surface area contributed by atoms with Crippen molar-refractivity contribution < 1.29 is 0 Å². The van der Waals surface area contributed by atoms with Gasteiger partial charge in [0, 0.05) is 35.5 Å². The molecule has 0 rings (SSSR count). The second-order valence-electron chi connectivity index (χ2n) is 4.54. The highest BCUT2D eigenvalue weighted by atomic mass is 127. The molecule has 0 aliphatic rings. The predicted molar refractivity (Wildman–Crippen MR) is 64.6 cm³/mol. The number of nitrogens with zero attached hydrogens (tertiary/aromatic N) is 1. The molecular weight excluding hydrogens is 261 g/mol. The van der Waals surface area contributed by atoms with E-state index in [4.69, 9.17) is 0 Å². The Kier molecular flexibility index (Phi) is 5.74. The van der Waals surface area contributed by atoms with Gasteiger partial charge in [-0.05, 0) is 18.3 Å². The molecule has 0 N–H and O–H groups in total. The van der Waals surface area contributed by atoms with Crippen molar-refractivity contribution in [1.29, 1.82) is 0 Å². The lowest BCUT2D eigenvalue weighted by Crippen LogP contribution is -2.30. The van der Waals surface area contributed by atoms with E-state index in [9.17, 15) is 0 Å². The van der Waals surface area contributed by atoms with Gasteiger partial charge in [0.05, 0.1) is 0 Å². The summed E-state index contributed by atoms with van der Waals surface area (Å²) in [5.41, 5.74) is 0.458. The lowest BCUT2D eigenvalue weighted by atomic mass is 9.87. The molecule has 0 bridgehead atoms. The van der Waals surface area contributed by atoms with Crippen molar-refractivity contribution >= 4 is 22.9 Å². The normalized spacial score (nSPS) is 15.2. The summed E-state index contributed by atoms with van der Waals surface area (Å²) in [6.07, 6.45) is 2.55. The van der Waals surface area contributed by atoms with Crippen LogP contribution in [0.5, 0.6) is 0 Å². The van der Waals surface area contributed by atoms with Crippen molar-refractivity contribution in [3.8, 4) is 0 Å². The van der Waals surface area contributed by atoms with Gasteiger partial charge in [0.2, 0.25) is 0 Å². The van der Waals surface area contributed by atoms with E-state index >= 15 is 0 Å². The van der Waals surface area contributed by atoms with Gasteiger partial charge in [-0.3, -0.25) is 0 Å². The second kappa shape index (κ2) is 5.43.